The lowest BCUT2D eigenvalue weighted by Crippen LogP contribution is -2.51. The number of anilines is 1. The number of nitrogens with zero attached hydrogens (tertiary/aromatic N) is 3. The third-order valence-corrected chi connectivity index (χ3v) is 6.34. The van der Waals surface area contributed by atoms with Crippen molar-refractivity contribution in [2.24, 2.45) is 0 Å². The number of benzene rings is 1. The van der Waals surface area contributed by atoms with E-state index in [1.165, 1.54) is 11.0 Å². The maximum Gasteiger partial charge on any atom is 0.329 e. The molecule has 0 bridgehead atoms. The van der Waals surface area contributed by atoms with Crippen LogP contribution in [0.25, 0.3) is 0 Å². The second kappa shape index (κ2) is 9.96. The van der Waals surface area contributed by atoms with E-state index >= 15 is 0 Å². The van der Waals surface area contributed by atoms with E-state index in [4.69, 9.17) is 4.74 Å². The Morgan fingerprint density at radius 3 is 2.59 bits per heavy atom. The van der Waals surface area contributed by atoms with Gasteiger partial charge in [-0.05, 0) is 31.9 Å². The van der Waals surface area contributed by atoms with Gasteiger partial charge in [-0.15, -0.1) is 0 Å². The molecule has 2 heterocycles. The summed E-state index contributed by atoms with van der Waals surface area (Å²) >= 11 is 1.60. The topological polar surface area (TPSA) is 93.0 Å². The van der Waals surface area contributed by atoms with Gasteiger partial charge in [0.05, 0.1) is 11.5 Å². The molecule has 1 aromatic carbocycles. The van der Waals surface area contributed by atoms with Crippen molar-refractivity contribution in [2.45, 2.75) is 38.6 Å². The van der Waals surface area contributed by atoms with Gasteiger partial charge in [-0.3, -0.25) is 14.9 Å². The van der Waals surface area contributed by atoms with Gasteiger partial charge in [0.25, 0.3) is 11.6 Å². The van der Waals surface area contributed by atoms with Crippen LogP contribution in [0.5, 0.6) is 0 Å². The monoisotopic (exact) mass is 421 g/mol. The van der Waals surface area contributed by atoms with Crippen molar-refractivity contribution in [1.82, 2.24) is 4.90 Å². The van der Waals surface area contributed by atoms with E-state index in [9.17, 15) is 19.7 Å². The summed E-state index contributed by atoms with van der Waals surface area (Å²) in [5, 5.41) is 11.7. The SMILES string of the molecule is CCOC(=O)[C@@H]1CSCCN1C(=O)c1ccc(N2CCCCCC2)c([N+](=O)[O-])c1. The van der Waals surface area contributed by atoms with E-state index in [1.807, 2.05) is 4.90 Å². The molecule has 0 aromatic heterocycles. The summed E-state index contributed by atoms with van der Waals surface area (Å²) in [4.78, 5) is 40.2. The van der Waals surface area contributed by atoms with Gasteiger partial charge in [0.15, 0.2) is 0 Å². The molecule has 158 valence electrons. The molecule has 1 aromatic rings. The number of nitro groups is 1. The first-order valence-corrected chi connectivity index (χ1v) is 11.3. The zero-order chi connectivity index (χ0) is 20.8. The molecule has 1 amide bonds. The standard InChI is InChI=1S/C20H27N3O5S/c1-2-28-20(25)18-14-29-12-11-22(18)19(24)15-7-8-16(17(13-15)23(26)27)21-9-5-3-4-6-10-21/h7-8,13,18H,2-6,9-12,14H2,1H3/t18-/m0/s1. The third kappa shape index (κ3) is 5.01. The minimum atomic E-state index is -0.662. The van der Waals surface area contributed by atoms with Gasteiger partial charge in [0, 0.05) is 42.8 Å². The molecular formula is C20H27N3O5S. The summed E-state index contributed by atoms with van der Waals surface area (Å²) in [6, 6.07) is 4.01. The van der Waals surface area contributed by atoms with Gasteiger partial charge in [0.2, 0.25) is 0 Å². The van der Waals surface area contributed by atoms with Crippen LogP contribution in [-0.4, -0.2) is 65.5 Å². The fourth-order valence-corrected chi connectivity index (χ4v) is 4.86. The van der Waals surface area contributed by atoms with Gasteiger partial charge in [-0.25, -0.2) is 4.79 Å². The predicted octanol–water partition coefficient (Wildman–Crippen LogP) is 3.10. The molecule has 0 spiro atoms. The highest BCUT2D eigenvalue weighted by Gasteiger charge is 2.35. The van der Waals surface area contributed by atoms with Crippen LogP contribution < -0.4 is 4.90 Å². The number of carbonyl (C=O) groups excluding carboxylic acids is 2. The number of carbonyl (C=O) groups is 2. The molecule has 8 nitrogen and oxygen atoms in total. The Morgan fingerprint density at radius 1 is 1.21 bits per heavy atom. The van der Waals surface area contributed by atoms with Crippen LogP contribution in [0.15, 0.2) is 18.2 Å². The second-order valence-electron chi connectivity index (χ2n) is 7.20. The van der Waals surface area contributed by atoms with E-state index in [2.05, 4.69) is 0 Å². The first-order chi connectivity index (χ1) is 14.0. The number of rotatable bonds is 5. The van der Waals surface area contributed by atoms with Crippen LogP contribution in [0.4, 0.5) is 11.4 Å². The highest BCUT2D eigenvalue weighted by Crippen LogP contribution is 2.32. The smallest absolute Gasteiger partial charge is 0.329 e. The minimum absolute atomic E-state index is 0.0585. The molecule has 2 fully saturated rings. The van der Waals surface area contributed by atoms with Crippen LogP contribution in [0.1, 0.15) is 43.0 Å². The second-order valence-corrected chi connectivity index (χ2v) is 8.35. The Hall–Kier alpha value is -2.29. The van der Waals surface area contributed by atoms with Gasteiger partial charge in [-0.1, -0.05) is 12.8 Å². The number of amides is 1. The van der Waals surface area contributed by atoms with E-state index in [1.54, 1.807) is 30.8 Å². The number of ether oxygens (including phenoxy) is 1. The lowest BCUT2D eigenvalue weighted by Gasteiger charge is -2.33. The molecule has 0 saturated carbocycles. The van der Waals surface area contributed by atoms with Crippen LogP contribution >= 0.6 is 11.8 Å². The van der Waals surface area contributed by atoms with Crippen molar-refractivity contribution < 1.29 is 19.2 Å². The Bertz CT molecular complexity index is 764. The first kappa shape index (κ1) is 21.4. The van der Waals surface area contributed by atoms with Crippen molar-refractivity contribution in [3.63, 3.8) is 0 Å². The number of hydrogen-bond donors (Lipinski definition) is 0. The maximum atomic E-state index is 13.1. The molecule has 0 radical (unpaired) electrons. The number of hydrogen-bond acceptors (Lipinski definition) is 7. The minimum Gasteiger partial charge on any atom is -0.464 e. The van der Waals surface area contributed by atoms with E-state index < -0.39 is 16.9 Å². The van der Waals surface area contributed by atoms with E-state index in [-0.39, 0.29) is 23.8 Å². The molecule has 0 N–H and O–H groups in total. The van der Waals surface area contributed by atoms with Gasteiger partial charge < -0.3 is 14.5 Å². The van der Waals surface area contributed by atoms with E-state index in [0.717, 1.165) is 44.5 Å². The van der Waals surface area contributed by atoms with Gasteiger partial charge in [0.1, 0.15) is 11.7 Å². The van der Waals surface area contributed by atoms with Crippen molar-refractivity contribution in [3.8, 4) is 0 Å². The van der Waals surface area contributed by atoms with Gasteiger partial charge in [-0.2, -0.15) is 11.8 Å². The average Bonchev–Trinajstić information content (AvgIpc) is 3.02. The Balaban J connectivity index is 1.87. The largest absolute Gasteiger partial charge is 0.464 e. The molecule has 2 aliphatic heterocycles. The third-order valence-electron chi connectivity index (χ3n) is 5.31. The molecule has 3 rings (SSSR count). The Labute approximate surface area is 174 Å². The number of thioether (sulfide) groups is 1. The fraction of sp³-hybridized carbons (Fsp3) is 0.600. The van der Waals surface area contributed by atoms with Gasteiger partial charge >= 0.3 is 5.97 Å². The summed E-state index contributed by atoms with van der Waals surface area (Å²) in [5.41, 5.74) is 0.734. The lowest BCUT2D eigenvalue weighted by atomic mass is 10.1. The summed E-state index contributed by atoms with van der Waals surface area (Å²) < 4.78 is 5.11. The molecule has 2 saturated heterocycles. The zero-order valence-electron chi connectivity index (χ0n) is 16.7. The van der Waals surface area contributed by atoms with Crippen molar-refractivity contribution in [2.75, 3.05) is 42.6 Å². The number of esters is 1. The quantitative estimate of drug-likeness (QED) is 0.410. The summed E-state index contributed by atoms with van der Waals surface area (Å²) in [6.45, 7) is 3.95. The molecule has 9 heteroatoms. The first-order valence-electron chi connectivity index (χ1n) is 10.1. The Kier molecular flexibility index (Phi) is 7.35. The normalized spacial score (nSPS) is 20.1. The summed E-state index contributed by atoms with van der Waals surface area (Å²) in [6.07, 6.45) is 4.27. The van der Waals surface area contributed by atoms with Crippen LogP contribution in [0.3, 0.4) is 0 Å². The maximum absolute atomic E-state index is 13.1. The fourth-order valence-electron chi connectivity index (χ4n) is 3.83. The molecule has 0 unspecified atom stereocenters. The molecular weight excluding hydrogens is 394 g/mol. The van der Waals surface area contributed by atoms with E-state index in [0.29, 0.717) is 18.0 Å². The highest BCUT2D eigenvalue weighted by atomic mass is 32.2. The molecule has 0 aliphatic carbocycles. The van der Waals surface area contributed by atoms with Crippen LogP contribution in [0.2, 0.25) is 0 Å². The highest BCUT2D eigenvalue weighted by molar-refractivity contribution is 7.99. The van der Waals surface area contributed by atoms with Crippen LogP contribution in [0, 0.1) is 10.1 Å². The molecule has 2 aliphatic rings. The lowest BCUT2D eigenvalue weighted by molar-refractivity contribution is -0.384. The summed E-state index contributed by atoms with van der Waals surface area (Å²) in [7, 11) is 0. The predicted molar refractivity (Wildman–Crippen MR) is 113 cm³/mol. The molecule has 29 heavy (non-hydrogen) atoms. The van der Waals surface area contributed by atoms with Crippen LogP contribution in [-0.2, 0) is 9.53 Å². The molecule has 1 atom stereocenters. The number of nitro benzene ring substituents is 1. The zero-order valence-corrected chi connectivity index (χ0v) is 17.5. The van der Waals surface area contributed by atoms with Crippen molar-refractivity contribution in [1.29, 1.82) is 0 Å². The summed E-state index contributed by atoms with van der Waals surface area (Å²) in [5.74, 6) is 0.395. The average molecular weight is 422 g/mol. The van der Waals surface area contributed by atoms with Crippen molar-refractivity contribution in [3.05, 3.63) is 33.9 Å². The van der Waals surface area contributed by atoms with Crippen molar-refractivity contribution >= 4 is 35.0 Å². The Morgan fingerprint density at radius 2 is 1.93 bits per heavy atom.